The van der Waals surface area contributed by atoms with Crippen molar-refractivity contribution in [1.29, 1.82) is 0 Å². The topological polar surface area (TPSA) is 74.8 Å². The zero-order valence-electron chi connectivity index (χ0n) is 10.8. The van der Waals surface area contributed by atoms with Gasteiger partial charge in [0.15, 0.2) is 0 Å². The van der Waals surface area contributed by atoms with Crippen molar-refractivity contribution in [1.82, 2.24) is 9.97 Å². The summed E-state index contributed by atoms with van der Waals surface area (Å²) < 4.78 is 26.2. The van der Waals surface area contributed by atoms with E-state index in [9.17, 15) is 8.42 Å². The second-order valence-electron chi connectivity index (χ2n) is 4.29. The van der Waals surface area contributed by atoms with Crippen molar-refractivity contribution in [3.05, 3.63) is 36.7 Å². The van der Waals surface area contributed by atoms with Gasteiger partial charge >= 0.3 is 0 Å². The maximum atomic E-state index is 11.8. The van der Waals surface area contributed by atoms with E-state index >= 15 is 0 Å². The summed E-state index contributed by atoms with van der Waals surface area (Å²) in [5, 5.41) is 0. The number of nitrogens with zero attached hydrogens (tertiary/aromatic N) is 1. The van der Waals surface area contributed by atoms with Gasteiger partial charge in [-0.15, -0.1) is 0 Å². The van der Waals surface area contributed by atoms with Gasteiger partial charge < -0.3 is 4.98 Å². The quantitative estimate of drug-likeness (QED) is 0.853. The number of rotatable bonds is 6. The summed E-state index contributed by atoms with van der Waals surface area (Å²) in [5.41, 5.74) is 1.41. The van der Waals surface area contributed by atoms with E-state index in [4.69, 9.17) is 0 Å². The number of sulfonamides is 1. The molecule has 1 heterocycles. The van der Waals surface area contributed by atoms with Crippen LogP contribution in [0.2, 0.25) is 0 Å². The van der Waals surface area contributed by atoms with Crippen LogP contribution in [0.5, 0.6) is 0 Å². The van der Waals surface area contributed by atoms with Crippen molar-refractivity contribution in [3.63, 3.8) is 0 Å². The molecule has 1 aromatic carbocycles. The Bertz CT molecular complexity index is 621. The van der Waals surface area contributed by atoms with Gasteiger partial charge in [0.1, 0.15) is 5.82 Å². The molecule has 2 aromatic rings. The lowest BCUT2D eigenvalue weighted by atomic mass is 10.2. The van der Waals surface area contributed by atoms with Gasteiger partial charge in [-0.2, -0.15) is 0 Å². The number of unbranched alkanes of at least 4 members (excludes halogenated alkanes) is 1. The standard InChI is InChI=1S/C13H17N3O2S/c1-2-3-9-19(17,18)16-12-6-4-5-11(10-12)13-14-7-8-15-13/h4-8,10,16H,2-3,9H2,1H3,(H,14,15). The number of H-pyrrole nitrogens is 1. The van der Waals surface area contributed by atoms with Crippen molar-refractivity contribution < 1.29 is 8.42 Å². The first-order valence-corrected chi connectivity index (χ1v) is 7.86. The summed E-state index contributed by atoms with van der Waals surface area (Å²) >= 11 is 0. The van der Waals surface area contributed by atoms with Crippen LogP contribution in [0.4, 0.5) is 5.69 Å². The van der Waals surface area contributed by atoms with Crippen LogP contribution in [0.3, 0.4) is 0 Å². The van der Waals surface area contributed by atoms with E-state index in [1.54, 1.807) is 30.6 Å². The van der Waals surface area contributed by atoms with Crippen LogP contribution in [0.25, 0.3) is 11.4 Å². The number of aromatic nitrogens is 2. The molecule has 0 unspecified atom stereocenters. The number of hydrogen-bond acceptors (Lipinski definition) is 3. The molecule has 2 rings (SSSR count). The van der Waals surface area contributed by atoms with Crippen LogP contribution in [0.15, 0.2) is 36.7 Å². The Hall–Kier alpha value is -1.82. The Balaban J connectivity index is 2.16. The highest BCUT2D eigenvalue weighted by Crippen LogP contribution is 2.20. The summed E-state index contributed by atoms with van der Waals surface area (Å²) in [7, 11) is -3.26. The maximum Gasteiger partial charge on any atom is 0.232 e. The van der Waals surface area contributed by atoms with E-state index in [1.165, 1.54) is 0 Å². The number of anilines is 1. The Labute approximate surface area is 113 Å². The summed E-state index contributed by atoms with van der Waals surface area (Å²) in [6.07, 6.45) is 4.90. The lowest BCUT2D eigenvalue weighted by Crippen LogP contribution is -2.16. The van der Waals surface area contributed by atoms with E-state index in [1.807, 2.05) is 13.0 Å². The largest absolute Gasteiger partial charge is 0.345 e. The molecular weight excluding hydrogens is 262 g/mol. The minimum atomic E-state index is -3.26. The molecule has 102 valence electrons. The normalized spacial score (nSPS) is 11.4. The molecule has 0 bridgehead atoms. The Morgan fingerprint density at radius 2 is 2.21 bits per heavy atom. The zero-order chi connectivity index (χ0) is 13.7. The highest BCUT2D eigenvalue weighted by Gasteiger charge is 2.10. The fraction of sp³-hybridized carbons (Fsp3) is 0.308. The minimum absolute atomic E-state index is 0.147. The third-order valence-electron chi connectivity index (χ3n) is 2.67. The monoisotopic (exact) mass is 279 g/mol. The van der Waals surface area contributed by atoms with Gasteiger partial charge in [-0.05, 0) is 18.6 Å². The van der Waals surface area contributed by atoms with E-state index in [0.717, 1.165) is 17.8 Å². The van der Waals surface area contributed by atoms with E-state index < -0.39 is 10.0 Å². The summed E-state index contributed by atoms with van der Waals surface area (Å²) in [6, 6.07) is 7.18. The molecule has 0 saturated heterocycles. The SMILES string of the molecule is CCCCS(=O)(=O)Nc1cccc(-c2ncc[nH]2)c1. The Morgan fingerprint density at radius 1 is 1.37 bits per heavy atom. The molecule has 2 N–H and O–H groups in total. The van der Waals surface area contributed by atoms with Gasteiger partial charge in [-0.25, -0.2) is 13.4 Å². The average Bonchev–Trinajstić information content (AvgIpc) is 2.90. The molecule has 0 aliphatic rings. The number of imidazole rings is 1. The summed E-state index contributed by atoms with van der Waals surface area (Å²) in [6.45, 7) is 1.97. The smallest absolute Gasteiger partial charge is 0.232 e. The predicted octanol–water partition coefficient (Wildman–Crippen LogP) is 2.62. The number of aromatic amines is 1. The number of benzene rings is 1. The number of nitrogens with one attached hydrogen (secondary N) is 2. The van der Waals surface area contributed by atoms with Gasteiger partial charge in [0.25, 0.3) is 0 Å². The molecule has 0 aliphatic heterocycles. The molecule has 0 radical (unpaired) electrons. The summed E-state index contributed by atoms with van der Waals surface area (Å²) in [4.78, 5) is 7.13. The van der Waals surface area contributed by atoms with Crippen LogP contribution < -0.4 is 4.72 Å². The minimum Gasteiger partial charge on any atom is -0.345 e. The van der Waals surface area contributed by atoms with Crippen LogP contribution in [0, 0.1) is 0 Å². The average molecular weight is 279 g/mol. The van der Waals surface area contributed by atoms with Gasteiger partial charge in [-0.1, -0.05) is 25.5 Å². The van der Waals surface area contributed by atoms with E-state index in [2.05, 4.69) is 14.7 Å². The molecule has 0 saturated carbocycles. The zero-order valence-corrected chi connectivity index (χ0v) is 11.6. The van der Waals surface area contributed by atoms with Gasteiger partial charge in [0.2, 0.25) is 10.0 Å². The first kappa shape index (κ1) is 13.6. The number of hydrogen-bond donors (Lipinski definition) is 2. The van der Waals surface area contributed by atoms with E-state index in [0.29, 0.717) is 12.1 Å². The molecule has 1 aromatic heterocycles. The molecular formula is C13H17N3O2S. The van der Waals surface area contributed by atoms with Gasteiger partial charge in [0.05, 0.1) is 5.75 Å². The van der Waals surface area contributed by atoms with Crippen LogP contribution in [0.1, 0.15) is 19.8 Å². The Morgan fingerprint density at radius 3 is 2.89 bits per heavy atom. The van der Waals surface area contributed by atoms with Crippen molar-refractivity contribution in [3.8, 4) is 11.4 Å². The van der Waals surface area contributed by atoms with Crippen LogP contribution >= 0.6 is 0 Å². The third kappa shape index (κ3) is 3.82. The molecule has 0 atom stereocenters. The molecule has 0 fully saturated rings. The van der Waals surface area contributed by atoms with Crippen molar-refractivity contribution in [2.24, 2.45) is 0 Å². The molecule has 19 heavy (non-hydrogen) atoms. The fourth-order valence-electron chi connectivity index (χ4n) is 1.72. The maximum absolute atomic E-state index is 11.8. The fourth-order valence-corrected chi connectivity index (χ4v) is 2.97. The van der Waals surface area contributed by atoms with Gasteiger partial charge in [0, 0.05) is 23.6 Å². The van der Waals surface area contributed by atoms with Crippen molar-refractivity contribution >= 4 is 15.7 Å². The molecule has 0 aliphatic carbocycles. The third-order valence-corrected chi connectivity index (χ3v) is 4.05. The molecule has 0 spiro atoms. The molecule has 5 nitrogen and oxygen atoms in total. The highest BCUT2D eigenvalue weighted by atomic mass is 32.2. The van der Waals surface area contributed by atoms with Crippen LogP contribution in [-0.4, -0.2) is 24.1 Å². The molecule has 6 heteroatoms. The van der Waals surface area contributed by atoms with Crippen LogP contribution in [-0.2, 0) is 10.0 Å². The first-order valence-electron chi connectivity index (χ1n) is 6.21. The lowest BCUT2D eigenvalue weighted by molar-refractivity contribution is 0.598. The first-order chi connectivity index (χ1) is 9.11. The Kier molecular flexibility index (Phi) is 4.21. The van der Waals surface area contributed by atoms with Crippen molar-refractivity contribution in [2.45, 2.75) is 19.8 Å². The summed E-state index contributed by atoms with van der Waals surface area (Å²) in [5.74, 6) is 0.865. The predicted molar refractivity (Wildman–Crippen MR) is 76.3 cm³/mol. The highest BCUT2D eigenvalue weighted by molar-refractivity contribution is 7.92. The van der Waals surface area contributed by atoms with E-state index in [-0.39, 0.29) is 5.75 Å². The second kappa shape index (κ2) is 5.88. The molecule has 0 amide bonds. The van der Waals surface area contributed by atoms with Gasteiger partial charge in [-0.3, -0.25) is 4.72 Å². The lowest BCUT2D eigenvalue weighted by Gasteiger charge is -2.08. The van der Waals surface area contributed by atoms with Crippen molar-refractivity contribution in [2.75, 3.05) is 10.5 Å². The second-order valence-corrected chi connectivity index (χ2v) is 6.13.